The molecule has 0 saturated carbocycles. The normalized spacial score (nSPS) is 18.1. The zero-order valence-corrected chi connectivity index (χ0v) is 20.8. The summed E-state index contributed by atoms with van der Waals surface area (Å²) in [4.78, 5) is 6.59. The van der Waals surface area contributed by atoms with Crippen LogP contribution in [-0.2, 0) is 21.3 Å². The molecule has 1 aliphatic rings. The second-order valence-electron chi connectivity index (χ2n) is 7.87. The van der Waals surface area contributed by atoms with Crippen molar-refractivity contribution in [3.8, 4) is 5.75 Å². The molecule has 4 rings (SSSR count). The summed E-state index contributed by atoms with van der Waals surface area (Å²) in [6.45, 7) is 1.26. The molecule has 34 heavy (non-hydrogen) atoms. The van der Waals surface area contributed by atoms with Crippen molar-refractivity contribution < 1.29 is 17.9 Å². The van der Waals surface area contributed by atoms with E-state index in [0.717, 1.165) is 23.3 Å². The van der Waals surface area contributed by atoms with E-state index in [-0.39, 0.29) is 12.1 Å². The lowest BCUT2D eigenvalue weighted by molar-refractivity contribution is 0.186. The van der Waals surface area contributed by atoms with Gasteiger partial charge in [0, 0.05) is 43.5 Å². The van der Waals surface area contributed by atoms with Gasteiger partial charge in [-0.25, -0.2) is 8.42 Å². The van der Waals surface area contributed by atoms with E-state index in [1.165, 1.54) is 7.11 Å². The van der Waals surface area contributed by atoms with E-state index in [4.69, 9.17) is 21.7 Å². The van der Waals surface area contributed by atoms with Crippen LogP contribution in [0.1, 0.15) is 23.5 Å². The summed E-state index contributed by atoms with van der Waals surface area (Å²) in [6.07, 6.45) is 4.88. The van der Waals surface area contributed by atoms with Crippen molar-refractivity contribution in [2.45, 2.75) is 18.6 Å². The Labute approximate surface area is 204 Å². The second-order valence-corrected chi connectivity index (χ2v) is 10.0. The molecule has 2 atom stereocenters. The van der Waals surface area contributed by atoms with Crippen LogP contribution >= 0.6 is 12.2 Å². The largest absolute Gasteiger partial charge is 0.494 e. The third-order valence-corrected chi connectivity index (χ3v) is 6.47. The summed E-state index contributed by atoms with van der Waals surface area (Å²) in [5, 5.41) is 3.96. The minimum atomic E-state index is -3.46. The van der Waals surface area contributed by atoms with Gasteiger partial charge in [0.1, 0.15) is 11.8 Å². The molecule has 1 fully saturated rings. The third kappa shape index (κ3) is 5.01. The number of nitrogens with one attached hydrogen (secondary N) is 2. The number of aromatic nitrogens is 2. The minimum Gasteiger partial charge on any atom is -0.494 e. The second kappa shape index (κ2) is 10.00. The zero-order chi connectivity index (χ0) is 24.3. The Hall–Kier alpha value is -3.15. The number of methoxy groups -OCH3 is 2. The summed E-state index contributed by atoms with van der Waals surface area (Å²) < 4.78 is 38.9. The molecule has 11 heteroatoms. The quantitative estimate of drug-likeness (QED) is 0.432. The molecule has 3 aromatic rings. The van der Waals surface area contributed by atoms with E-state index in [1.54, 1.807) is 25.4 Å². The van der Waals surface area contributed by atoms with Crippen molar-refractivity contribution in [1.29, 1.82) is 0 Å². The van der Waals surface area contributed by atoms with Crippen LogP contribution in [0, 0.1) is 0 Å². The lowest BCUT2D eigenvalue weighted by Gasteiger charge is -2.29. The number of rotatable bonds is 9. The fourth-order valence-corrected chi connectivity index (χ4v) is 5.05. The first-order chi connectivity index (χ1) is 16.3. The predicted molar refractivity (Wildman–Crippen MR) is 136 cm³/mol. The summed E-state index contributed by atoms with van der Waals surface area (Å²) in [6, 6.07) is 14.7. The Kier molecular flexibility index (Phi) is 7.05. The molecule has 1 saturated heterocycles. The lowest BCUT2D eigenvalue weighted by atomic mass is 10.0. The summed E-state index contributed by atoms with van der Waals surface area (Å²) in [7, 11) is -0.289. The van der Waals surface area contributed by atoms with E-state index >= 15 is 0 Å². The smallest absolute Gasteiger partial charge is 0.229 e. The monoisotopic (exact) mass is 501 g/mol. The highest BCUT2D eigenvalue weighted by atomic mass is 32.2. The van der Waals surface area contributed by atoms with Crippen LogP contribution in [0.15, 0.2) is 60.9 Å². The van der Waals surface area contributed by atoms with Crippen LogP contribution in [0.2, 0.25) is 0 Å². The lowest BCUT2D eigenvalue weighted by Crippen LogP contribution is -2.30. The van der Waals surface area contributed by atoms with E-state index in [9.17, 15) is 8.42 Å². The van der Waals surface area contributed by atoms with Crippen molar-refractivity contribution >= 4 is 38.7 Å². The molecular formula is C23H27N5O4S2. The predicted octanol–water partition coefficient (Wildman–Crippen LogP) is 3.09. The van der Waals surface area contributed by atoms with Gasteiger partial charge in [0.15, 0.2) is 5.11 Å². The van der Waals surface area contributed by atoms with Gasteiger partial charge in [-0.3, -0.25) is 9.71 Å². The highest BCUT2D eigenvalue weighted by Crippen LogP contribution is 2.43. The number of thiocarbonyl (C=S) groups is 1. The Morgan fingerprint density at radius 3 is 2.68 bits per heavy atom. The highest BCUT2D eigenvalue weighted by Gasteiger charge is 2.42. The zero-order valence-electron chi connectivity index (χ0n) is 19.1. The number of ether oxygens (including phenoxy) is 2. The van der Waals surface area contributed by atoms with E-state index in [0.29, 0.717) is 29.7 Å². The number of hydrogen-bond acceptors (Lipinski definition) is 6. The molecule has 9 nitrogen and oxygen atoms in total. The van der Waals surface area contributed by atoms with Gasteiger partial charge in [-0.05, 0) is 48.6 Å². The highest BCUT2D eigenvalue weighted by molar-refractivity contribution is 7.92. The molecule has 2 N–H and O–H groups in total. The van der Waals surface area contributed by atoms with Gasteiger partial charge in [0.25, 0.3) is 0 Å². The van der Waals surface area contributed by atoms with Crippen LogP contribution in [0.25, 0.3) is 0 Å². The molecular weight excluding hydrogens is 474 g/mol. The first kappa shape index (κ1) is 24.0. The number of sulfonamides is 1. The molecule has 0 unspecified atom stereocenters. The maximum Gasteiger partial charge on any atom is 0.229 e. The van der Waals surface area contributed by atoms with Gasteiger partial charge >= 0.3 is 0 Å². The fraction of sp³-hybridized carbons (Fsp3) is 0.304. The molecule has 0 spiro atoms. The Morgan fingerprint density at radius 2 is 2.00 bits per heavy atom. The van der Waals surface area contributed by atoms with Gasteiger partial charge in [-0.15, -0.1) is 0 Å². The first-order valence-electron chi connectivity index (χ1n) is 10.6. The molecule has 0 radical (unpaired) electrons. The Balaban J connectivity index is 1.80. The number of anilines is 2. The van der Waals surface area contributed by atoms with Crippen molar-refractivity contribution in [2.24, 2.45) is 0 Å². The van der Waals surface area contributed by atoms with Crippen molar-refractivity contribution in [2.75, 3.05) is 36.7 Å². The van der Waals surface area contributed by atoms with E-state index in [1.807, 2.05) is 41.4 Å². The van der Waals surface area contributed by atoms with E-state index in [2.05, 4.69) is 25.7 Å². The molecule has 0 bridgehead atoms. The molecule has 180 valence electrons. The van der Waals surface area contributed by atoms with Crippen LogP contribution in [0.4, 0.5) is 11.4 Å². The number of nitrogens with zero attached hydrogens (tertiary/aromatic N) is 3. The molecule has 0 aliphatic carbocycles. The van der Waals surface area contributed by atoms with Gasteiger partial charge in [0.05, 0.1) is 37.4 Å². The number of benzene rings is 1. The van der Waals surface area contributed by atoms with Gasteiger partial charge in [-0.2, -0.15) is 0 Å². The van der Waals surface area contributed by atoms with Crippen molar-refractivity contribution in [3.63, 3.8) is 0 Å². The molecule has 0 amide bonds. The van der Waals surface area contributed by atoms with E-state index < -0.39 is 10.0 Å². The summed E-state index contributed by atoms with van der Waals surface area (Å²) in [5.41, 5.74) is 3.01. The third-order valence-electron chi connectivity index (χ3n) is 5.56. The van der Waals surface area contributed by atoms with Crippen LogP contribution in [-0.4, -0.2) is 50.2 Å². The molecule has 3 heterocycles. The van der Waals surface area contributed by atoms with Crippen LogP contribution < -0.4 is 19.7 Å². The Bertz CT molecular complexity index is 1260. The molecule has 1 aromatic carbocycles. The summed E-state index contributed by atoms with van der Waals surface area (Å²) >= 11 is 5.78. The average molecular weight is 502 g/mol. The maximum absolute atomic E-state index is 11.8. The number of pyridine rings is 1. The van der Waals surface area contributed by atoms with Crippen LogP contribution in [0.3, 0.4) is 0 Å². The summed E-state index contributed by atoms with van der Waals surface area (Å²) in [5.74, 6) is 0.389. The number of hydrogen-bond donors (Lipinski definition) is 2. The SMILES string of the molecule is COCCn1cccc1[C@@H]1[C@@H](c2ccccn2)NC(=S)N1c1ccc(NS(C)(=O)=O)c(OC)c1. The first-order valence-corrected chi connectivity index (χ1v) is 12.9. The standard InChI is InChI=1S/C23H27N5O4S2/c1-31-14-13-27-12-6-8-19(27)22-21(18-7-4-5-11-24-18)25-23(33)28(22)16-9-10-17(20(15-16)32-2)26-34(3,29)30/h4-12,15,21-22,26H,13-14H2,1-3H3,(H,25,33)/t21-,22-/m1/s1. The topological polar surface area (TPSA) is 97.7 Å². The van der Waals surface area contributed by atoms with Crippen molar-refractivity contribution in [1.82, 2.24) is 14.9 Å². The minimum absolute atomic E-state index is 0.204. The van der Waals surface area contributed by atoms with Gasteiger partial charge in [0.2, 0.25) is 10.0 Å². The van der Waals surface area contributed by atoms with Gasteiger partial charge < -0.3 is 24.3 Å². The van der Waals surface area contributed by atoms with Crippen molar-refractivity contribution in [3.05, 3.63) is 72.3 Å². The average Bonchev–Trinajstić information content (AvgIpc) is 3.41. The maximum atomic E-state index is 11.8. The molecule has 2 aromatic heterocycles. The molecule has 1 aliphatic heterocycles. The van der Waals surface area contributed by atoms with Crippen LogP contribution in [0.5, 0.6) is 5.75 Å². The Morgan fingerprint density at radius 1 is 1.18 bits per heavy atom. The van der Waals surface area contributed by atoms with Gasteiger partial charge in [-0.1, -0.05) is 6.07 Å². The fourth-order valence-electron chi connectivity index (χ4n) is 4.14.